The fraction of sp³-hybridized carbons (Fsp3) is 0.392. The number of nitrogens with zero attached hydrogens (tertiary/aromatic N) is 3. The Balaban J connectivity index is 0.000000186. The highest BCUT2D eigenvalue weighted by Gasteiger charge is 2.38. The summed E-state index contributed by atoms with van der Waals surface area (Å²) in [5, 5.41) is 20.5. The van der Waals surface area contributed by atoms with Crippen LogP contribution in [0, 0.1) is 5.82 Å². The minimum absolute atomic E-state index is 0.0127. The average molecular weight is 1550 g/mol. The Morgan fingerprint density at radius 3 is 1.01 bits per heavy atom. The highest BCUT2D eigenvalue weighted by molar-refractivity contribution is 6.31. The maximum Gasteiger partial charge on any atom is 0.419 e. The summed E-state index contributed by atoms with van der Waals surface area (Å²) >= 11 is 17.7. The molecule has 3 heterocycles. The van der Waals surface area contributed by atoms with Crippen LogP contribution in [-0.4, -0.2) is 135 Å². The van der Waals surface area contributed by atoms with Gasteiger partial charge in [-0.15, -0.1) is 0 Å². The van der Waals surface area contributed by atoms with Crippen LogP contribution in [0.2, 0.25) is 15.1 Å². The summed E-state index contributed by atoms with van der Waals surface area (Å²) in [5.41, 5.74) is -2.18. The van der Waals surface area contributed by atoms with Crippen molar-refractivity contribution in [3.05, 3.63) is 225 Å². The van der Waals surface area contributed by atoms with Crippen LogP contribution in [0.25, 0.3) is 0 Å². The Morgan fingerprint density at radius 1 is 0.377 bits per heavy atom. The molecule has 0 unspecified atom stereocenters. The molecule has 11 rings (SSSR count). The quantitative estimate of drug-likeness (QED) is 0.0556. The number of aromatic hydroxyl groups is 1. The Bertz CT molecular complexity index is 3970. The van der Waals surface area contributed by atoms with Crippen LogP contribution in [0.15, 0.2) is 176 Å². The van der Waals surface area contributed by atoms with Gasteiger partial charge in [0.1, 0.15) is 107 Å². The lowest BCUT2D eigenvalue weighted by molar-refractivity contribution is -0.139. The monoisotopic (exact) mass is 1550 g/mol. The minimum Gasteiger partial charge on any atom is -0.507 e. The Labute approximate surface area is 626 Å². The molecule has 2 N–H and O–H groups in total. The second-order valence-electron chi connectivity index (χ2n) is 26.2. The molecule has 0 amide bonds. The third-order valence-electron chi connectivity index (χ3n) is 17.9. The van der Waals surface area contributed by atoms with Crippen molar-refractivity contribution in [2.75, 3.05) is 92.9 Å². The van der Waals surface area contributed by atoms with Gasteiger partial charge in [-0.25, -0.2) is 4.39 Å². The highest BCUT2D eigenvalue weighted by atomic mass is 35.5. The number of rotatable bonds is 24. The molecule has 3 aliphatic heterocycles. The van der Waals surface area contributed by atoms with E-state index in [-0.39, 0.29) is 48.1 Å². The number of phenolic OH excluding ortho intramolecular Hbond substituents is 1. The third-order valence-corrected chi connectivity index (χ3v) is 18.7. The van der Waals surface area contributed by atoms with Crippen LogP contribution in [0.4, 0.5) is 43.9 Å². The zero-order valence-electron chi connectivity index (χ0n) is 59.2. The van der Waals surface area contributed by atoms with Gasteiger partial charge in [0.2, 0.25) is 0 Å². The van der Waals surface area contributed by atoms with Gasteiger partial charge in [-0.2, -0.15) is 39.5 Å². The Kier molecular flexibility index (Phi) is 30.3. The normalized spacial score (nSPS) is 15.9. The first-order valence-corrected chi connectivity index (χ1v) is 35.3. The van der Waals surface area contributed by atoms with Gasteiger partial charge in [0.15, 0.2) is 0 Å². The van der Waals surface area contributed by atoms with Crippen LogP contribution in [0.3, 0.4) is 0 Å². The molecule has 0 spiro atoms. The zero-order valence-corrected chi connectivity index (χ0v) is 61.5. The summed E-state index contributed by atoms with van der Waals surface area (Å²) < 4.78 is 181. The smallest absolute Gasteiger partial charge is 0.419 e. The van der Waals surface area contributed by atoms with Gasteiger partial charge in [0.25, 0.3) is 0 Å². The van der Waals surface area contributed by atoms with Gasteiger partial charge >= 0.3 is 18.5 Å². The number of aliphatic hydroxyl groups is 1. The molecule has 14 nitrogen and oxygen atoms in total. The van der Waals surface area contributed by atoms with Crippen molar-refractivity contribution in [3.63, 3.8) is 0 Å². The van der Waals surface area contributed by atoms with Crippen LogP contribution in [0.1, 0.15) is 87.1 Å². The van der Waals surface area contributed by atoms with Crippen LogP contribution in [-0.2, 0) is 31.7 Å². The number of piperidine rings is 3. The first-order chi connectivity index (χ1) is 50.3. The molecule has 106 heavy (non-hydrogen) atoms. The Hall–Kier alpha value is -8.23. The van der Waals surface area contributed by atoms with Crippen LogP contribution >= 0.6 is 34.8 Å². The van der Waals surface area contributed by atoms with Crippen molar-refractivity contribution < 1.29 is 96.7 Å². The van der Waals surface area contributed by atoms with Crippen molar-refractivity contribution in [1.82, 2.24) is 14.7 Å². The fourth-order valence-corrected chi connectivity index (χ4v) is 11.9. The summed E-state index contributed by atoms with van der Waals surface area (Å²) in [6.45, 7) is 14.4. The molecular weight excluding hydrogens is 1460 g/mol. The van der Waals surface area contributed by atoms with E-state index < -0.39 is 52.5 Å². The topological polar surface area (TPSA) is 133 Å². The number of likely N-dealkylation sites (tertiary alicyclic amines) is 3. The molecule has 0 aromatic heterocycles. The maximum absolute atomic E-state index is 13.6. The van der Waals surface area contributed by atoms with Gasteiger partial charge in [0.05, 0.1) is 37.5 Å². The van der Waals surface area contributed by atoms with Crippen LogP contribution in [0.5, 0.6) is 57.5 Å². The van der Waals surface area contributed by atoms with E-state index in [4.69, 9.17) is 82.5 Å². The van der Waals surface area contributed by atoms with Crippen molar-refractivity contribution in [2.24, 2.45) is 0 Å². The van der Waals surface area contributed by atoms with Gasteiger partial charge in [-0.3, -0.25) is 9.80 Å². The molecule has 8 aromatic carbocycles. The van der Waals surface area contributed by atoms with E-state index in [9.17, 15) is 49.0 Å². The van der Waals surface area contributed by atoms with Gasteiger partial charge < -0.3 is 57.7 Å². The lowest BCUT2D eigenvalue weighted by Crippen LogP contribution is -2.47. The molecular formula is C79H86Cl3F10N3O11. The predicted octanol–water partition coefficient (Wildman–Crippen LogP) is 19.6. The van der Waals surface area contributed by atoms with Crippen molar-refractivity contribution in [1.29, 1.82) is 0 Å². The predicted molar refractivity (Wildman–Crippen MR) is 387 cm³/mol. The lowest BCUT2D eigenvalue weighted by atomic mass is 9.93. The maximum atomic E-state index is 13.6. The second-order valence-corrected chi connectivity index (χ2v) is 27.5. The van der Waals surface area contributed by atoms with E-state index in [0.29, 0.717) is 65.2 Å². The molecule has 3 saturated heterocycles. The molecule has 8 aromatic rings. The SMILES string of the molecule is CC1(Oc2ccc(Cl)cc2)CCN(CCO)CC1.CC1(Oc2ccc(Cl)cc2)CCN(CCOc2ccc(C(F)(F)F)c(O)c2)CC1.COc1ccc(COc2cc(F)ccc2C(F)(F)F)cc1.COc1ccc(COc2cc(OCCN3CCC(C)(Oc4ccc(Cl)cc4)CC3)ccc2C(F)(F)F)cc1. The van der Waals surface area contributed by atoms with E-state index in [1.165, 1.54) is 25.3 Å². The summed E-state index contributed by atoms with van der Waals surface area (Å²) in [4.78, 5) is 6.75. The number of benzene rings is 8. The number of methoxy groups -OCH3 is 2. The third kappa shape index (κ3) is 26.9. The molecule has 0 bridgehead atoms. The van der Waals surface area contributed by atoms with Gasteiger partial charge in [0, 0.05) is 92.2 Å². The van der Waals surface area contributed by atoms with Crippen LogP contribution < -0.4 is 42.6 Å². The van der Waals surface area contributed by atoms with Crippen molar-refractivity contribution in [3.8, 4) is 57.5 Å². The average Bonchev–Trinajstić information content (AvgIpc) is 0.842. The summed E-state index contributed by atoms with van der Waals surface area (Å²) in [5.74, 6) is 1.87. The lowest BCUT2D eigenvalue weighted by Gasteiger charge is -2.39. The highest BCUT2D eigenvalue weighted by Crippen LogP contribution is 2.42. The number of ether oxygens (including phenoxy) is 9. The fourth-order valence-electron chi connectivity index (χ4n) is 11.5. The number of hydrogen-bond acceptors (Lipinski definition) is 14. The zero-order chi connectivity index (χ0) is 76.7. The van der Waals surface area contributed by atoms with Crippen molar-refractivity contribution in [2.45, 2.75) is 108 Å². The number of β-amino-alcohol motifs (C(OH)–C–C–N with tert-alkyl or cyclic N) is 1. The standard InChI is InChI=1S/C29H31ClF3NO4.C21H23ClF3NO3.C15H12F4O2.C14H20ClNO2/c1-28(38-24-9-5-22(30)6-10-24)13-15-34(16-14-28)17-18-36-25-11-12-26(29(31,32)33)27(19-25)37-20-21-3-7-23(35-2)8-4-21;1-20(29-16-4-2-15(22)3-5-16)8-10-26(11-9-20)12-13-28-17-6-7-18(19(27)14-17)21(23,24)25;1-20-12-5-2-10(3-6-12)9-21-14-8-11(16)4-7-13(14)15(17,18)19;1-14(6-8-16(9-7-14)10-11-17)18-13-4-2-12(15)3-5-13/h3-12,19H,13-18,20H2,1-2H3;2-7,14,27H,8-13H2,1H3;2-8H,9H2,1H3;2-5,17H,6-11H2,1H3. The number of alkyl halides is 9. The molecule has 0 aliphatic carbocycles. The second kappa shape index (κ2) is 38.5. The molecule has 3 fully saturated rings. The number of phenols is 1. The number of aliphatic hydroxyl groups excluding tert-OH is 1. The summed E-state index contributed by atoms with van der Waals surface area (Å²) in [6.07, 6.45) is -8.38. The van der Waals surface area contributed by atoms with Gasteiger partial charge in [-0.1, -0.05) is 59.1 Å². The first kappa shape index (κ1) is 83.4. The molecule has 574 valence electrons. The van der Waals surface area contributed by atoms with E-state index >= 15 is 0 Å². The molecule has 0 radical (unpaired) electrons. The number of hydrogen-bond donors (Lipinski definition) is 2. The van der Waals surface area contributed by atoms with E-state index in [0.717, 1.165) is 143 Å². The van der Waals surface area contributed by atoms with Gasteiger partial charge in [-0.05, 0) is 204 Å². The summed E-state index contributed by atoms with van der Waals surface area (Å²) in [7, 11) is 3.06. The van der Waals surface area contributed by atoms with E-state index in [1.807, 2.05) is 60.7 Å². The minimum atomic E-state index is -4.59. The molecule has 0 saturated carbocycles. The van der Waals surface area contributed by atoms with Crippen molar-refractivity contribution >= 4 is 34.8 Å². The molecule has 0 atom stereocenters. The largest absolute Gasteiger partial charge is 0.507 e. The summed E-state index contributed by atoms with van der Waals surface area (Å²) in [6, 6.07) is 44.6. The number of halogens is 13. The van der Waals surface area contributed by atoms with E-state index in [2.05, 4.69) is 35.5 Å². The Morgan fingerprint density at radius 2 is 0.679 bits per heavy atom. The van der Waals surface area contributed by atoms with E-state index in [1.54, 1.807) is 67.8 Å². The molecule has 27 heteroatoms. The first-order valence-electron chi connectivity index (χ1n) is 34.2. The molecule has 3 aliphatic rings.